The summed E-state index contributed by atoms with van der Waals surface area (Å²) in [7, 11) is 0. The number of benzene rings is 2. The molecule has 156 valence electrons. The third kappa shape index (κ3) is 7.69. The van der Waals surface area contributed by atoms with Gasteiger partial charge in [-0.15, -0.1) is 10.1 Å². The molecule has 2 aromatic carbocycles. The van der Waals surface area contributed by atoms with Gasteiger partial charge in [0.1, 0.15) is 22.5 Å². The van der Waals surface area contributed by atoms with Gasteiger partial charge in [-0.2, -0.15) is 5.26 Å². The monoisotopic (exact) mass is 432 g/mol. The highest BCUT2D eigenvalue weighted by atomic mass is 32.2. The summed E-state index contributed by atoms with van der Waals surface area (Å²) in [6.07, 6.45) is -0.362. The summed E-state index contributed by atoms with van der Waals surface area (Å²) < 4.78 is 15.2. The van der Waals surface area contributed by atoms with Crippen LogP contribution in [0.2, 0.25) is 0 Å². The molecular weight excluding hydrogens is 416 g/mol. The fraction of sp³-hybridized carbons (Fsp3) is 0.211. The van der Waals surface area contributed by atoms with Gasteiger partial charge in [-0.05, 0) is 61.0 Å². The highest BCUT2D eigenvalue weighted by Crippen LogP contribution is 2.24. The summed E-state index contributed by atoms with van der Waals surface area (Å²) in [5, 5.41) is 19.7. The van der Waals surface area contributed by atoms with Crippen molar-refractivity contribution in [3.63, 3.8) is 0 Å². The van der Waals surface area contributed by atoms with Crippen LogP contribution in [0, 0.1) is 20.8 Å². The summed E-state index contributed by atoms with van der Waals surface area (Å²) in [6, 6.07) is 12.3. The van der Waals surface area contributed by atoms with Gasteiger partial charge in [0.15, 0.2) is 0 Å². The van der Waals surface area contributed by atoms with E-state index in [-0.39, 0.29) is 30.3 Å². The predicted molar refractivity (Wildman–Crippen MR) is 103 cm³/mol. The summed E-state index contributed by atoms with van der Waals surface area (Å²) in [5.41, 5.74) is 0.0179. The number of rotatable bonds is 10. The molecule has 0 aliphatic carbocycles. The first-order valence-corrected chi connectivity index (χ1v) is 9.40. The van der Waals surface area contributed by atoms with Crippen molar-refractivity contribution in [1.82, 2.24) is 0 Å². The molecule has 30 heavy (non-hydrogen) atoms. The third-order valence-corrected chi connectivity index (χ3v) is 4.05. The molecule has 10 nitrogen and oxygen atoms in total. The van der Waals surface area contributed by atoms with Gasteiger partial charge >= 0.3 is 12.1 Å². The number of nitrogens with zero attached hydrogens (tertiary/aromatic N) is 2. The molecule has 0 fully saturated rings. The first kappa shape index (κ1) is 22.5. The standard InChI is InChI=1S/C19H16N2O8S/c20-13-30-15-9-7-14(8-10-15)28-18(22)16-5-1-2-6-17(16)29-19(23)26-11-3-4-12-27-21(24)25/h1-2,5-10H,3-4,11-12H2. The van der Waals surface area contributed by atoms with Crippen LogP contribution in [0.5, 0.6) is 11.5 Å². The molecule has 0 aliphatic heterocycles. The van der Waals surface area contributed by atoms with Crippen molar-refractivity contribution < 1.29 is 33.7 Å². The highest BCUT2D eigenvalue weighted by Gasteiger charge is 2.17. The lowest BCUT2D eigenvalue weighted by atomic mass is 10.2. The Morgan fingerprint density at radius 2 is 1.73 bits per heavy atom. The van der Waals surface area contributed by atoms with E-state index in [2.05, 4.69) is 4.84 Å². The SMILES string of the molecule is N#CSc1ccc(OC(=O)c2ccccc2OC(=O)OCCCCO[N+](=O)[O-])cc1. The lowest BCUT2D eigenvalue weighted by Crippen LogP contribution is -2.16. The van der Waals surface area contributed by atoms with Crippen molar-refractivity contribution >= 4 is 23.9 Å². The van der Waals surface area contributed by atoms with Crippen LogP contribution in [0.15, 0.2) is 53.4 Å². The number of para-hydroxylation sites is 1. The van der Waals surface area contributed by atoms with Crippen LogP contribution in [0.3, 0.4) is 0 Å². The molecule has 0 amide bonds. The van der Waals surface area contributed by atoms with E-state index in [0.717, 1.165) is 11.8 Å². The van der Waals surface area contributed by atoms with E-state index in [9.17, 15) is 19.7 Å². The molecule has 0 N–H and O–H groups in total. The van der Waals surface area contributed by atoms with Crippen LogP contribution in [0.4, 0.5) is 4.79 Å². The maximum atomic E-state index is 12.4. The predicted octanol–water partition coefficient (Wildman–Crippen LogP) is 3.98. The lowest BCUT2D eigenvalue weighted by molar-refractivity contribution is -0.757. The van der Waals surface area contributed by atoms with E-state index in [4.69, 9.17) is 19.5 Å². The average Bonchev–Trinajstić information content (AvgIpc) is 2.72. The van der Waals surface area contributed by atoms with E-state index >= 15 is 0 Å². The highest BCUT2D eigenvalue weighted by molar-refractivity contribution is 8.03. The van der Waals surface area contributed by atoms with Crippen molar-refractivity contribution in [3.05, 3.63) is 64.2 Å². The summed E-state index contributed by atoms with van der Waals surface area (Å²) in [6.45, 7) is -0.129. The Labute approximate surface area is 175 Å². The van der Waals surface area contributed by atoms with Crippen LogP contribution in [0.25, 0.3) is 0 Å². The number of ether oxygens (including phenoxy) is 3. The van der Waals surface area contributed by atoms with Crippen LogP contribution < -0.4 is 9.47 Å². The topological polar surface area (TPSA) is 138 Å². The fourth-order valence-electron chi connectivity index (χ4n) is 2.13. The molecule has 0 bridgehead atoms. The van der Waals surface area contributed by atoms with Crippen molar-refractivity contribution in [3.8, 4) is 16.9 Å². The van der Waals surface area contributed by atoms with Crippen LogP contribution in [-0.2, 0) is 9.57 Å². The number of nitriles is 1. The van der Waals surface area contributed by atoms with Gasteiger partial charge in [0, 0.05) is 4.90 Å². The maximum absolute atomic E-state index is 12.4. The van der Waals surface area contributed by atoms with Gasteiger partial charge in [0.05, 0.1) is 13.2 Å². The summed E-state index contributed by atoms with van der Waals surface area (Å²) in [5.74, 6) is -0.520. The molecule has 0 spiro atoms. The van der Waals surface area contributed by atoms with Gasteiger partial charge in [0.25, 0.3) is 5.09 Å². The minimum atomic E-state index is -1.02. The van der Waals surface area contributed by atoms with Gasteiger partial charge in [-0.25, -0.2) is 9.59 Å². The second-order valence-corrected chi connectivity index (χ2v) is 6.37. The Morgan fingerprint density at radius 1 is 1.03 bits per heavy atom. The normalized spacial score (nSPS) is 9.83. The van der Waals surface area contributed by atoms with Crippen LogP contribution in [-0.4, -0.2) is 30.4 Å². The number of esters is 1. The summed E-state index contributed by atoms with van der Waals surface area (Å²) >= 11 is 0.977. The van der Waals surface area contributed by atoms with Crippen molar-refractivity contribution in [2.24, 2.45) is 0 Å². The fourth-order valence-corrected chi connectivity index (χ4v) is 2.51. The molecule has 0 radical (unpaired) electrons. The van der Waals surface area contributed by atoms with E-state index in [0.29, 0.717) is 17.7 Å². The van der Waals surface area contributed by atoms with E-state index in [1.54, 1.807) is 24.3 Å². The second kappa shape index (κ2) is 11.9. The third-order valence-electron chi connectivity index (χ3n) is 3.45. The Bertz CT molecular complexity index is 927. The zero-order valence-corrected chi connectivity index (χ0v) is 16.3. The number of hydrogen-bond acceptors (Lipinski definition) is 10. The smallest absolute Gasteiger partial charge is 0.434 e. The molecule has 0 atom stereocenters. The molecule has 0 unspecified atom stereocenters. The quantitative estimate of drug-likeness (QED) is 0.0791. The van der Waals surface area contributed by atoms with E-state index in [1.807, 2.05) is 5.40 Å². The molecule has 11 heteroatoms. The van der Waals surface area contributed by atoms with Gasteiger partial charge in [-0.1, -0.05) is 12.1 Å². The molecule has 0 saturated carbocycles. The van der Waals surface area contributed by atoms with Crippen LogP contribution in [0.1, 0.15) is 23.2 Å². The number of thioether (sulfide) groups is 1. The molecule has 0 saturated heterocycles. The Balaban J connectivity index is 1.88. The Morgan fingerprint density at radius 3 is 2.43 bits per heavy atom. The van der Waals surface area contributed by atoms with Crippen molar-refractivity contribution in [2.75, 3.05) is 13.2 Å². The van der Waals surface area contributed by atoms with Crippen molar-refractivity contribution in [2.45, 2.75) is 17.7 Å². The van der Waals surface area contributed by atoms with Gasteiger partial charge in [-0.3, -0.25) is 0 Å². The number of carbonyl (C=O) groups is 2. The molecule has 0 aromatic heterocycles. The molecule has 0 aliphatic rings. The molecule has 2 rings (SSSR count). The number of thiocyanates is 1. The zero-order chi connectivity index (χ0) is 21.8. The number of hydrogen-bond donors (Lipinski definition) is 0. The lowest BCUT2D eigenvalue weighted by Gasteiger charge is -2.10. The minimum absolute atomic E-state index is 0.0179. The molecule has 2 aromatic rings. The Kier molecular flexibility index (Phi) is 8.95. The van der Waals surface area contributed by atoms with E-state index in [1.165, 1.54) is 24.3 Å². The number of carbonyl (C=O) groups excluding carboxylic acids is 2. The van der Waals surface area contributed by atoms with Gasteiger partial charge in [0.2, 0.25) is 0 Å². The van der Waals surface area contributed by atoms with Crippen molar-refractivity contribution in [1.29, 1.82) is 5.26 Å². The van der Waals surface area contributed by atoms with E-state index < -0.39 is 17.2 Å². The first-order valence-electron chi connectivity index (χ1n) is 8.58. The van der Waals surface area contributed by atoms with Gasteiger partial charge < -0.3 is 19.0 Å². The number of unbranched alkanes of at least 4 members (excludes halogenated alkanes) is 1. The molecule has 0 heterocycles. The summed E-state index contributed by atoms with van der Waals surface area (Å²) in [4.78, 5) is 39.1. The first-order chi connectivity index (χ1) is 14.5. The largest absolute Gasteiger partial charge is 0.513 e. The average molecular weight is 432 g/mol. The minimum Gasteiger partial charge on any atom is -0.434 e. The van der Waals surface area contributed by atoms with Crippen LogP contribution >= 0.6 is 11.8 Å². The Hall–Kier alpha value is -3.78. The molecular formula is C19H16N2O8S. The zero-order valence-electron chi connectivity index (χ0n) is 15.5. The maximum Gasteiger partial charge on any atom is 0.513 e. The second-order valence-electron chi connectivity index (χ2n) is 5.51.